The van der Waals surface area contributed by atoms with Crippen LogP contribution in [0.4, 0.5) is 17.3 Å². The van der Waals surface area contributed by atoms with Gasteiger partial charge in [0.2, 0.25) is 11.7 Å². The van der Waals surface area contributed by atoms with Gasteiger partial charge in [0, 0.05) is 32.1 Å². The Hall–Kier alpha value is -2.38. The predicted molar refractivity (Wildman–Crippen MR) is 74.7 cm³/mol. The van der Waals surface area contributed by atoms with Gasteiger partial charge >= 0.3 is 5.69 Å². The lowest BCUT2D eigenvalue weighted by molar-refractivity contribution is -0.384. The highest BCUT2D eigenvalue weighted by Gasteiger charge is 2.23. The Morgan fingerprint density at radius 2 is 2.25 bits per heavy atom. The van der Waals surface area contributed by atoms with Crippen LogP contribution in [0.2, 0.25) is 0 Å². The second kappa shape index (κ2) is 6.18. The van der Waals surface area contributed by atoms with Crippen LogP contribution in [0.1, 0.15) is 19.3 Å². The Morgan fingerprint density at radius 3 is 2.85 bits per heavy atom. The van der Waals surface area contributed by atoms with Gasteiger partial charge in [-0.15, -0.1) is 0 Å². The molecule has 8 nitrogen and oxygen atoms in total. The Morgan fingerprint density at radius 1 is 1.50 bits per heavy atom. The lowest BCUT2D eigenvalue weighted by Gasteiger charge is -2.08. The van der Waals surface area contributed by atoms with Crippen LogP contribution in [0.25, 0.3) is 0 Å². The third-order valence-corrected chi connectivity index (χ3v) is 2.91. The molecule has 0 aliphatic heterocycles. The molecule has 1 fully saturated rings. The number of rotatable bonds is 7. The van der Waals surface area contributed by atoms with E-state index in [1.807, 2.05) is 0 Å². The summed E-state index contributed by atoms with van der Waals surface area (Å²) in [5.74, 6) is 0.647. The van der Waals surface area contributed by atoms with Crippen LogP contribution in [0.15, 0.2) is 12.1 Å². The van der Waals surface area contributed by atoms with Gasteiger partial charge in [-0.25, -0.2) is 4.98 Å². The summed E-state index contributed by atoms with van der Waals surface area (Å²) in [5, 5.41) is 19.4. The smallest absolute Gasteiger partial charge is 0.311 e. The average molecular weight is 279 g/mol. The third-order valence-electron chi connectivity index (χ3n) is 2.91. The van der Waals surface area contributed by atoms with Gasteiger partial charge in [0.25, 0.3) is 0 Å². The number of carbonyl (C=O) groups excluding carboxylic acids is 1. The molecule has 0 spiro atoms. The zero-order chi connectivity index (χ0) is 14.5. The predicted octanol–water partition coefficient (Wildman–Crippen LogP) is 1.11. The number of aromatic nitrogens is 1. The molecular weight excluding hydrogens is 262 g/mol. The van der Waals surface area contributed by atoms with E-state index in [2.05, 4.69) is 20.9 Å². The highest BCUT2D eigenvalue weighted by atomic mass is 16.6. The summed E-state index contributed by atoms with van der Waals surface area (Å²) in [4.78, 5) is 26.0. The summed E-state index contributed by atoms with van der Waals surface area (Å²) in [6.45, 7) is 0.305. The van der Waals surface area contributed by atoms with Gasteiger partial charge in [-0.05, 0) is 18.9 Å². The minimum atomic E-state index is -0.501. The van der Waals surface area contributed by atoms with Crippen LogP contribution in [0, 0.1) is 10.1 Å². The first kappa shape index (κ1) is 14.0. The maximum absolute atomic E-state index is 11.5. The third kappa shape index (κ3) is 3.81. The maximum atomic E-state index is 11.5. The fourth-order valence-corrected chi connectivity index (χ4v) is 1.69. The zero-order valence-corrected chi connectivity index (χ0v) is 11.2. The molecule has 3 N–H and O–H groups in total. The molecule has 108 valence electrons. The molecule has 0 unspecified atom stereocenters. The van der Waals surface area contributed by atoms with Crippen molar-refractivity contribution in [3.63, 3.8) is 0 Å². The first-order valence-corrected chi connectivity index (χ1v) is 6.46. The molecule has 1 saturated carbocycles. The summed E-state index contributed by atoms with van der Waals surface area (Å²) < 4.78 is 0. The Kier molecular flexibility index (Phi) is 4.34. The van der Waals surface area contributed by atoms with Crippen molar-refractivity contribution in [2.75, 3.05) is 24.2 Å². The molecule has 1 aromatic rings. The lowest BCUT2D eigenvalue weighted by atomic mass is 10.3. The molecule has 0 aromatic carbocycles. The molecule has 1 aliphatic carbocycles. The molecule has 1 aromatic heterocycles. The number of nitrogens with zero attached hydrogens (tertiary/aromatic N) is 2. The van der Waals surface area contributed by atoms with Crippen LogP contribution in [0.3, 0.4) is 0 Å². The van der Waals surface area contributed by atoms with Crippen LogP contribution >= 0.6 is 0 Å². The van der Waals surface area contributed by atoms with Gasteiger partial charge < -0.3 is 16.0 Å². The summed E-state index contributed by atoms with van der Waals surface area (Å²) in [5.41, 5.74) is -0.105. The normalized spacial score (nSPS) is 13.7. The molecule has 0 bridgehead atoms. The molecule has 20 heavy (non-hydrogen) atoms. The number of nitro groups is 1. The molecule has 0 saturated heterocycles. The second-order valence-electron chi connectivity index (χ2n) is 4.59. The van der Waals surface area contributed by atoms with Crippen molar-refractivity contribution in [3.05, 3.63) is 22.2 Å². The number of carbonyl (C=O) groups is 1. The highest BCUT2D eigenvalue weighted by molar-refractivity contribution is 5.77. The minimum absolute atomic E-state index is 0.0487. The van der Waals surface area contributed by atoms with Gasteiger partial charge in [0.05, 0.1) is 4.92 Å². The van der Waals surface area contributed by atoms with Crippen LogP contribution in [-0.4, -0.2) is 35.4 Å². The number of nitrogens with one attached hydrogen (secondary N) is 3. The summed E-state index contributed by atoms with van der Waals surface area (Å²) in [6.07, 6.45) is 2.34. The van der Waals surface area contributed by atoms with Crippen LogP contribution in [-0.2, 0) is 4.79 Å². The molecule has 1 amide bonds. The minimum Gasteiger partial charge on any atom is -0.373 e. The topological polar surface area (TPSA) is 109 Å². The van der Waals surface area contributed by atoms with E-state index < -0.39 is 4.92 Å². The average Bonchev–Trinajstić information content (AvgIpc) is 3.22. The quantitative estimate of drug-likeness (QED) is 0.509. The molecule has 8 heteroatoms. The Labute approximate surface area is 116 Å². The zero-order valence-electron chi connectivity index (χ0n) is 11.2. The molecular formula is C12H17N5O3. The van der Waals surface area contributed by atoms with Crippen LogP contribution < -0.4 is 16.0 Å². The summed E-state index contributed by atoms with van der Waals surface area (Å²) >= 11 is 0. The maximum Gasteiger partial charge on any atom is 0.311 e. The fourth-order valence-electron chi connectivity index (χ4n) is 1.69. The van der Waals surface area contributed by atoms with E-state index in [-0.39, 0.29) is 23.8 Å². The van der Waals surface area contributed by atoms with E-state index >= 15 is 0 Å². The number of amides is 1. The van der Waals surface area contributed by atoms with Crippen molar-refractivity contribution in [1.29, 1.82) is 0 Å². The largest absolute Gasteiger partial charge is 0.373 e. The van der Waals surface area contributed by atoms with E-state index in [0.717, 1.165) is 12.8 Å². The molecule has 0 radical (unpaired) electrons. The standard InChI is InChI=1S/C12H17N5O3/c1-13-10-5-4-9(17(19)20)12(16-10)14-7-6-11(18)15-8-2-3-8/h4-5,8H,2-3,6-7H2,1H3,(H,15,18)(H2,13,14,16). The van der Waals surface area contributed by atoms with Crippen molar-refractivity contribution in [3.8, 4) is 0 Å². The van der Waals surface area contributed by atoms with Crippen molar-refractivity contribution in [2.24, 2.45) is 0 Å². The van der Waals surface area contributed by atoms with E-state index in [1.165, 1.54) is 12.1 Å². The highest BCUT2D eigenvalue weighted by Crippen LogP contribution is 2.23. The van der Waals surface area contributed by atoms with Crippen molar-refractivity contribution in [2.45, 2.75) is 25.3 Å². The van der Waals surface area contributed by atoms with E-state index in [0.29, 0.717) is 18.4 Å². The van der Waals surface area contributed by atoms with Gasteiger partial charge in [-0.3, -0.25) is 14.9 Å². The molecule has 2 rings (SSSR count). The first-order chi connectivity index (χ1) is 9.60. The van der Waals surface area contributed by atoms with Crippen molar-refractivity contribution in [1.82, 2.24) is 10.3 Å². The van der Waals surface area contributed by atoms with Gasteiger partial charge in [-0.1, -0.05) is 0 Å². The van der Waals surface area contributed by atoms with E-state index in [4.69, 9.17) is 0 Å². The molecule has 1 aliphatic rings. The monoisotopic (exact) mass is 279 g/mol. The first-order valence-electron chi connectivity index (χ1n) is 6.46. The number of pyridine rings is 1. The lowest BCUT2D eigenvalue weighted by Crippen LogP contribution is -2.27. The number of hydrogen-bond acceptors (Lipinski definition) is 6. The Bertz CT molecular complexity index is 516. The number of anilines is 2. The van der Waals surface area contributed by atoms with Gasteiger partial charge in [0.15, 0.2) is 0 Å². The van der Waals surface area contributed by atoms with Crippen molar-refractivity contribution >= 4 is 23.2 Å². The summed E-state index contributed by atoms with van der Waals surface area (Å²) in [6, 6.07) is 3.23. The number of hydrogen-bond donors (Lipinski definition) is 3. The SMILES string of the molecule is CNc1ccc([N+](=O)[O-])c(NCCC(=O)NC2CC2)n1. The summed E-state index contributed by atoms with van der Waals surface area (Å²) in [7, 11) is 1.68. The van der Waals surface area contributed by atoms with Crippen LogP contribution in [0.5, 0.6) is 0 Å². The Balaban J connectivity index is 1.92. The van der Waals surface area contributed by atoms with Gasteiger partial charge in [0.1, 0.15) is 5.82 Å². The second-order valence-corrected chi connectivity index (χ2v) is 4.59. The molecule has 0 atom stereocenters. The fraction of sp³-hybridized carbons (Fsp3) is 0.500. The van der Waals surface area contributed by atoms with Crippen molar-refractivity contribution < 1.29 is 9.72 Å². The molecule has 1 heterocycles. The van der Waals surface area contributed by atoms with E-state index in [9.17, 15) is 14.9 Å². The van der Waals surface area contributed by atoms with E-state index in [1.54, 1.807) is 7.05 Å². The van der Waals surface area contributed by atoms with Gasteiger partial charge in [-0.2, -0.15) is 0 Å².